The molecule has 0 aliphatic carbocycles. The Hall–Kier alpha value is -3.13. The fourth-order valence-corrected chi connectivity index (χ4v) is 3.63. The van der Waals surface area contributed by atoms with Gasteiger partial charge in [-0.05, 0) is 31.0 Å². The largest absolute Gasteiger partial charge is 0.459 e. The molecule has 35 heavy (non-hydrogen) atoms. The Kier molecular flexibility index (Phi) is 7.45. The normalized spacial score (nSPS) is 19.6. The van der Waals surface area contributed by atoms with Crippen LogP contribution >= 0.6 is 11.6 Å². The number of rotatable bonds is 7. The lowest BCUT2D eigenvalue weighted by Crippen LogP contribution is -2.53. The smallest absolute Gasteiger partial charge is 0.417 e. The Labute approximate surface area is 199 Å². The first-order valence-corrected chi connectivity index (χ1v) is 10.2. The van der Waals surface area contributed by atoms with Crippen molar-refractivity contribution in [1.82, 2.24) is 9.97 Å². The molecule has 0 spiro atoms. The molecule has 2 aromatic heterocycles. The van der Waals surface area contributed by atoms with Crippen molar-refractivity contribution in [2.24, 2.45) is 10.7 Å². The monoisotopic (exact) mass is 525 g/mol. The average Bonchev–Trinajstić information content (AvgIpc) is 2.77. The van der Waals surface area contributed by atoms with E-state index < -0.39 is 76.2 Å². The number of ether oxygens (including phenoxy) is 2. The van der Waals surface area contributed by atoms with Crippen LogP contribution in [0.15, 0.2) is 29.4 Å². The van der Waals surface area contributed by atoms with E-state index >= 15 is 8.78 Å². The van der Waals surface area contributed by atoms with Crippen molar-refractivity contribution < 1.29 is 40.6 Å². The van der Waals surface area contributed by atoms with Gasteiger partial charge in [-0.15, -0.1) is 0 Å². The number of methoxy groups -OCH3 is 1. The summed E-state index contributed by atoms with van der Waals surface area (Å²) in [5.41, 5.74) is 0.332. The van der Waals surface area contributed by atoms with E-state index in [-0.39, 0.29) is 13.0 Å². The lowest BCUT2D eigenvalue weighted by atomic mass is 9.82. The van der Waals surface area contributed by atoms with Gasteiger partial charge in [-0.1, -0.05) is 11.6 Å². The summed E-state index contributed by atoms with van der Waals surface area (Å²) < 4.78 is 93.0. The Morgan fingerprint density at radius 2 is 2.06 bits per heavy atom. The number of aliphatic imine (C=N–C) groups is 1. The number of anilines is 1. The molecular formula is C20H18ClF6N5O3. The van der Waals surface area contributed by atoms with Gasteiger partial charge in [0.25, 0.3) is 11.9 Å². The van der Waals surface area contributed by atoms with Gasteiger partial charge in [0.05, 0.1) is 10.6 Å². The number of carbonyl (C=O) groups excluding carboxylic acids is 1. The molecule has 190 valence electrons. The number of pyridine rings is 2. The second kappa shape index (κ2) is 9.85. The molecule has 0 radical (unpaired) electrons. The van der Waals surface area contributed by atoms with Gasteiger partial charge in [-0.2, -0.15) is 22.0 Å². The minimum absolute atomic E-state index is 0.0195. The molecule has 1 amide bonds. The molecule has 0 unspecified atom stereocenters. The number of hydrogen-bond donors (Lipinski definition) is 2. The predicted molar refractivity (Wildman–Crippen MR) is 112 cm³/mol. The summed E-state index contributed by atoms with van der Waals surface area (Å²) in [4.78, 5) is 23.5. The summed E-state index contributed by atoms with van der Waals surface area (Å²) >= 11 is 5.76. The van der Waals surface area contributed by atoms with E-state index in [0.29, 0.717) is 12.3 Å². The first kappa shape index (κ1) is 26.5. The van der Waals surface area contributed by atoms with Gasteiger partial charge in [0.15, 0.2) is 12.1 Å². The van der Waals surface area contributed by atoms with Crippen LogP contribution in [0, 0.1) is 5.82 Å². The van der Waals surface area contributed by atoms with Gasteiger partial charge in [0, 0.05) is 19.9 Å². The number of carbonyl (C=O) groups is 1. The molecular weight excluding hydrogens is 508 g/mol. The third-order valence-corrected chi connectivity index (χ3v) is 5.35. The molecule has 0 saturated carbocycles. The second-order valence-corrected chi connectivity index (χ2v) is 7.84. The van der Waals surface area contributed by atoms with Gasteiger partial charge < -0.3 is 20.5 Å². The third kappa shape index (κ3) is 5.42. The third-order valence-electron chi connectivity index (χ3n) is 5.06. The topological polar surface area (TPSA) is 112 Å². The number of aromatic nitrogens is 2. The number of amidine groups is 1. The van der Waals surface area contributed by atoms with Crippen molar-refractivity contribution in [2.75, 3.05) is 25.6 Å². The van der Waals surface area contributed by atoms with Crippen LogP contribution in [0.3, 0.4) is 0 Å². The average molecular weight is 526 g/mol. The molecule has 1 atom stereocenters. The van der Waals surface area contributed by atoms with E-state index in [2.05, 4.69) is 25.0 Å². The fourth-order valence-electron chi connectivity index (χ4n) is 3.38. The van der Waals surface area contributed by atoms with E-state index in [4.69, 9.17) is 22.1 Å². The summed E-state index contributed by atoms with van der Waals surface area (Å²) in [6, 6.07) is 1.62. The Morgan fingerprint density at radius 3 is 2.69 bits per heavy atom. The number of hydrogen-bond acceptors (Lipinski definition) is 7. The van der Waals surface area contributed by atoms with Crippen LogP contribution < -0.4 is 11.1 Å². The minimum atomic E-state index is -4.74. The maximum atomic E-state index is 15.1. The van der Waals surface area contributed by atoms with Crippen LogP contribution in [-0.4, -0.2) is 48.1 Å². The highest BCUT2D eigenvalue weighted by Crippen LogP contribution is 2.47. The fraction of sp³-hybridized carbons (Fsp3) is 0.400. The van der Waals surface area contributed by atoms with E-state index in [1.807, 2.05) is 0 Å². The summed E-state index contributed by atoms with van der Waals surface area (Å²) in [6.45, 7) is -1.15. The number of amides is 1. The highest BCUT2D eigenvalue weighted by molar-refractivity contribution is 6.34. The molecule has 3 N–H and O–H groups in total. The highest BCUT2D eigenvalue weighted by Gasteiger charge is 2.60. The Morgan fingerprint density at radius 1 is 1.34 bits per heavy atom. The maximum Gasteiger partial charge on any atom is 0.417 e. The van der Waals surface area contributed by atoms with Crippen LogP contribution in [0.25, 0.3) is 0 Å². The van der Waals surface area contributed by atoms with Crippen molar-refractivity contribution in [2.45, 2.75) is 30.5 Å². The Balaban J connectivity index is 1.99. The molecule has 0 fully saturated rings. The van der Waals surface area contributed by atoms with E-state index in [0.717, 1.165) is 12.1 Å². The van der Waals surface area contributed by atoms with Gasteiger partial charge in [0.2, 0.25) is 0 Å². The minimum Gasteiger partial charge on any atom is -0.459 e. The second-order valence-electron chi connectivity index (χ2n) is 7.43. The summed E-state index contributed by atoms with van der Waals surface area (Å²) in [5, 5.41) is 1.54. The summed E-state index contributed by atoms with van der Waals surface area (Å²) in [7, 11) is 1.35. The van der Waals surface area contributed by atoms with E-state index in [1.54, 1.807) is 0 Å². The first-order chi connectivity index (χ1) is 16.3. The van der Waals surface area contributed by atoms with Crippen molar-refractivity contribution in [3.63, 3.8) is 0 Å². The SMILES string of the molecule is COCCC[C@]1(c2nc(NC(=O)c3ncc(C(F)(F)F)cc3Cl)ccc2F)N=C(N)OCC1(F)F. The maximum absolute atomic E-state index is 15.1. The van der Waals surface area contributed by atoms with Crippen molar-refractivity contribution in [1.29, 1.82) is 0 Å². The zero-order chi connectivity index (χ0) is 26.0. The molecule has 1 aliphatic heterocycles. The standard InChI is InChI=1S/C20H18ClF6N5O3/c1-34-6-2-5-18(19(23,24)9-35-17(28)32-18)15-12(22)3-4-13(30-15)31-16(33)14-11(21)7-10(8-29-14)20(25,26)27/h3-4,7-8H,2,5-6,9H2,1H3,(H2,28,32)(H,30,31,33)/t18-/m1/s1. The van der Waals surface area contributed by atoms with Crippen LogP contribution in [0.2, 0.25) is 5.02 Å². The zero-order valence-corrected chi connectivity index (χ0v) is 18.7. The van der Waals surface area contributed by atoms with Crippen LogP contribution in [0.5, 0.6) is 0 Å². The van der Waals surface area contributed by atoms with Gasteiger partial charge in [0.1, 0.15) is 23.0 Å². The number of halogens is 7. The molecule has 0 aromatic carbocycles. The quantitative estimate of drug-likeness (QED) is 0.415. The number of nitrogens with one attached hydrogen (secondary N) is 1. The van der Waals surface area contributed by atoms with Gasteiger partial charge in [-0.3, -0.25) is 4.79 Å². The molecule has 2 aromatic rings. The molecule has 3 heterocycles. The lowest BCUT2D eigenvalue weighted by Gasteiger charge is -2.39. The van der Waals surface area contributed by atoms with Crippen molar-refractivity contribution >= 4 is 29.3 Å². The summed E-state index contributed by atoms with van der Waals surface area (Å²) in [6.07, 6.45) is -4.76. The van der Waals surface area contributed by atoms with Crippen molar-refractivity contribution in [3.05, 3.63) is 52.2 Å². The molecule has 3 rings (SSSR count). The predicted octanol–water partition coefficient (Wildman–Crippen LogP) is 4.14. The van der Waals surface area contributed by atoms with E-state index in [9.17, 15) is 22.4 Å². The Bertz CT molecular complexity index is 1150. The number of alkyl halides is 5. The van der Waals surface area contributed by atoms with Crippen LogP contribution in [0.1, 0.15) is 34.6 Å². The van der Waals surface area contributed by atoms with Gasteiger partial charge in [-0.25, -0.2) is 19.4 Å². The van der Waals surface area contributed by atoms with Crippen LogP contribution in [-0.2, 0) is 21.2 Å². The zero-order valence-electron chi connectivity index (χ0n) is 17.9. The molecule has 15 heteroatoms. The van der Waals surface area contributed by atoms with Gasteiger partial charge >= 0.3 is 12.1 Å². The summed E-state index contributed by atoms with van der Waals surface area (Å²) in [5.74, 6) is -6.43. The molecule has 1 aliphatic rings. The number of nitrogens with two attached hydrogens (primary N) is 1. The highest BCUT2D eigenvalue weighted by atomic mass is 35.5. The first-order valence-electron chi connectivity index (χ1n) is 9.87. The molecule has 0 saturated heterocycles. The number of nitrogens with zero attached hydrogens (tertiary/aromatic N) is 3. The van der Waals surface area contributed by atoms with Crippen molar-refractivity contribution in [3.8, 4) is 0 Å². The van der Waals surface area contributed by atoms with Crippen LogP contribution in [0.4, 0.5) is 32.2 Å². The van der Waals surface area contributed by atoms with E-state index in [1.165, 1.54) is 7.11 Å². The lowest BCUT2D eigenvalue weighted by molar-refractivity contribution is -0.137. The molecule has 0 bridgehead atoms. The molecule has 8 nitrogen and oxygen atoms in total.